The average molecular weight is 447 g/mol. The molecule has 0 aliphatic carbocycles. The molecule has 154 valence electrons. The molecule has 1 fully saturated rings. The molecule has 1 saturated heterocycles. The zero-order chi connectivity index (χ0) is 18.6. The molecule has 0 radical (unpaired) electrons. The van der Waals surface area contributed by atoms with E-state index in [1.165, 1.54) is 0 Å². The summed E-state index contributed by atoms with van der Waals surface area (Å²) in [6.07, 6.45) is 1.32. The van der Waals surface area contributed by atoms with Crippen LogP contribution in [0.1, 0.15) is 28.8 Å². The molecule has 1 aliphatic heterocycles. The fourth-order valence-corrected chi connectivity index (χ4v) is 3.45. The second-order valence-corrected chi connectivity index (χ2v) is 7.16. The van der Waals surface area contributed by atoms with Gasteiger partial charge in [-0.15, -0.1) is 24.8 Å². The van der Waals surface area contributed by atoms with Crippen molar-refractivity contribution in [1.82, 2.24) is 10.2 Å². The number of halogens is 3. The van der Waals surface area contributed by atoms with Gasteiger partial charge in [-0.25, -0.2) is 0 Å². The number of likely N-dealkylation sites (tertiary alicyclic amines) is 1. The number of nitrogens with zero attached hydrogens (tertiary/aromatic N) is 1. The lowest BCUT2D eigenvalue weighted by Gasteiger charge is -2.38. The van der Waals surface area contributed by atoms with E-state index >= 15 is 0 Å². The Morgan fingerprint density at radius 3 is 2.32 bits per heavy atom. The first-order chi connectivity index (χ1) is 12.5. The van der Waals surface area contributed by atoms with Crippen LogP contribution < -0.4 is 11.1 Å². The highest BCUT2D eigenvalue weighted by atomic mass is 35.5. The molecule has 1 amide bonds. The number of carbonyl (C=O) groups excluding carboxylic acids is 1. The van der Waals surface area contributed by atoms with E-state index in [0.29, 0.717) is 35.7 Å². The van der Waals surface area contributed by atoms with Gasteiger partial charge >= 0.3 is 0 Å². The lowest BCUT2D eigenvalue weighted by Crippen LogP contribution is -2.45. The first kappa shape index (κ1) is 24.5. The maximum Gasteiger partial charge on any atom is 0.253 e. The predicted octanol–water partition coefficient (Wildman–Crippen LogP) is 3.48. The van der Waals surface area contributed by atoms with Crippen LogP contribution in [0.2, 0.25) is 5.02 Å². The van der Waals surface area contributed by atoms with Gasteiger partial charge in [0.2, 0.25) is 0 Å². The number of aliphatic hydroxyl groups is 1. The Bertz CT molecular complexity index is 764. The summed E-state index contributed by atoms with van der Waals surface area (Å²) >= 11 is 5.92. The summed E-state index contributed by atoms with van der Waals surface area (Å²) < 4.78 is 0. The Morgan fingerprint density at radius 1 is 1.11 bits per heavy atom. The van der Waals surface area contributed by atoms with Gasteiger partial charge in [-0.05, 0) is 42.7 Å². The highest BCUT2D eigenvalue weighted by Crippen LogP contribution is 2.33. The standard InChI is InChI=1S/C20H24ClN3O2.2ClH/c21-16-7-5-15(6-8-16)20(26)9-12-24(13-10-20)14-11-23-19(25)17-3-1-2-4-18(17)22;;/h1-8,26H,9-14,22H2,(H,23,25);2*1H. The first-order valence-electron chi connectivity index (χ1n) is 8.81. The first-order valence-corrected chi connectivity index (χ1v) is 9.19. The van der Waals surface area contributed by atoms with Gasteiger partial charge in [0.25, 0.3) is 5.91 Å². The second-order valence-electron chi connectivity index (χ2n) is 6.72. The molecule has 2 aromatic carbocycles. The molecule has 3 rings (SSSR count). The Labute approximate surface area is 183 Å². The van der Waals surface area contributed by atoms with Crippen molar-refractivity contribution in [3.05, 3.63) is 64.7 Å². The van der Waals surface area contributed by atoms with Gasteiger partial charge in [0, 0.05) is 36.9 Å². The van der Waals surface area contributed by atoms with E-state index in [2.05, 4.69) is 10.2 Å². The number of piperidine rings is 1. The minimum atomic E-state index is -0.803. The van der Waals surface area contributed by atoms with E-state index in [1.807, 2.05) is 30.3 Å². The summed E-state index contributed by atoms with van der Waals surface area (Å²) in [5, 5.41) is 14.5. The molecule has 4 N–H and O–H groups in total. The van der Waals surface area contributed by atoms with Crippen molar-refractivity contribution < 1.29 is 9.90 Å². The maximum absolute atomic E-state index is 12.2. The Hall–Kier alpha value is -1.50. The van der Waals surface area contributed by atoms with E-state index in [1.54, 1.807) is 18.2 Å². The van der Waals surface area contributed by atoms with Crippen LogP contribution in [0.5, 0.6) is 0 Å². The highest BCUT2D eigenvalue weighted by Gasteiger charge is 2.33. The van der Waals surface area contributed by atoms with Gasteiger partial charge in [-0.2, -0.15) is 0 Å². The van der Waals surface area contributed by atoms with Crippen molar-refractivity contribution in [2.24, 2.45) is 0 Å². The highest BCUT2D eigenvalue weighted by molar-refractivity contribution is 6.30. The number of hydrogen-bond acceptors (Lipinski definition) is 4. The van der Waals surface area contributed by atoms with Crippen LogP contribution in [-0.2, 0) is 5.60 Å². The maximum atomic E-state index is 12.2. The third-order valence-corrected chi connectivity index (χ3v) is 5.24. The van der Waals surface area contributed by atoms with Crippen molar-refractivity contribution in [3.63, 3.8) is 0 Å². The number of amides is 1. The monoisotopic (exact) mass is 445 g/mol. The SMILES string of the molecule is Cl.Cl.Nc1ccccc1C(=O)NCCN1CCC(O)(c2ccc(Cl)cc2)CC1. The number of nitrogen functional groups attached to an aromatic ring is 1. The number of benzene rings is 2. The molecule has 0 bridgehead atoms. The van der Waals surface area contributed by atoms with E-state index < -0.39 is 5.60 Å². The molecule has 0 unspecified atom stereocenters. The van der Waals surface area contributed by atoms with Gasteiger partial charge < -0.3 is 21.1 Å². The summed E-state index contributed by atoms with van der Waals surface area (Å²) in [4.78, 5) is 14.4. The van der Waals surface area contributed by atoms with Crippen LogP contribution in [0.3, 0.4) is 0 Å². The molecular weight excluding hydrogens is 421 g/mol. The third-order valence-electron chi connectivity index (χ3n) is 4.98. The fraction of sp³-hybridized carbons (Fsp3) is 0.350. The Balaban J connectivity index is 0.00000196. The van der Waals surface area contributed by atoms with Crippen LogP contribution in [0.4, 0.5) is 5.69 Å². The quantitative estimate of drug-likeness (QED) is 0.614. The van der Waals surface area contributed by atoms with Crippen LogP contribution in [0, 0.1) is 0 Å². The fourth-order valence-electron chi connectivity index (χ4n) is 3.32. The number of carbonyl (C=O) groups is 1. The lowest BCUT2D eigenvalue weighted by molar-refractivity contribution is -0.0255. The molecule has 0 aromatic heterocycles. The topological polar surface area (TPSA) is 78.6 Å². The van der Waals surface area contributed by atoms with Gasteiger partial charge in [0.05, 0.1) is 11.2 Å². The van der Waals surface area contributed by atoms with Crippen molar-refractivity contribution in [2.45, 2.75) is 18.4 Å². The minimum Gasteiger partial charge on any atom is -0.398 e. The molecule has 8 heteroatoms. The van der Waals surface area contributed by atoms with Gasteiger partial charge in [0.1, 0.15) is 0 Å². The number of anilines is 1. The zero-order valence-corrected chi connectivity index (χ0v) is 17.8. The molecule has 2 aromatic rings. The summed E-state index contributed by atoms with van der Waals surface area (Å²) in [5.41, 5.74) is 6.92. The van der Waals surface area contributed by atoms with E-state index in [4.69, 9.17) is 17.3 Å². The van der Waals surface area contributed by atoms with Gasteiger partial charge in [0.15, 0.2) is 0 Å². The van der Waals surface area contributed by atoms with Crippen molar-refractivity contribution in [2.75, 3.05) is 31.9 Å². The second kappa shape index (κ2) is 10.9. The van der Waals surface area contributed by atoms with Crippen LogP contribution >= 0.6 is 36.4 Å². The molecular formula is C20H26Cl3N3O2. The number of nitrogens with one attached hydrogen (secondary N) is 1. The predicted molar refractivity (Wildman–Crippen MR) is 119 cm³/mol. The summed E-state index contributed by atoms with van der Waals surface area (Å²) in [6.45, 7) is 2.85. The normalized spacial score (nSPS) is 15.8. The van der Waals surface area contributed by atoms with Crippen molar-refractivity contribution in [1.29, 1.82) is 0 Å². The van der Waals surface area contributed by atoms with Gasteiger partial charge in [-0.1, -0.05) is 35.9 Å². The van der Waals surface area contributed by atoms with Crippen LogP contribution in [-0.4, -0.2) is 42.1 Å². The molecule has 0 atom stereocenters. The summed E-state index contributed by atoms with van der Waals surface area (Å²) in [6, 6.07) is 14.5. The number of nitrogens with two attached hydrogens (primary N) is 1. The van der Waals surface area contributed by atoms with E-state index in [0.717, 1.165) is 25.2 Å². The minimum absolute atomic E-state index is 0. The Morgan fingerprint density at radius 2 is 1.71 bits per heavy atom. The molecule has 28 heavy (non-hydrogen) atoms. The summed E-state index contributed by atoms with van der Waals surface area (Å²) in [7, 11) is 0. The smallest absolute Gasteiger partial charge is 0.253 e. The van der Waals surface area contributed by atoms with E-state index in [-0.39, 0.29) is 30.7 Å². The van der Waals surface area contributed by atoms with E-state index in [9.17, 15) is 9.90 Å². The van der Waals surface area contributed by atoms with Crippen LogP contribution in [0.25, 0.3) is 0 Å². The molecule has 0 saturated carbocycles. The van der Waals surface area contributed by atoms with Crippen molar-refractivity contribution in [3.8, 4) is 0 Å². The molecule has 5 nitrogen and oxygen atoms in total. The van der Waals surface area contributed by atoms with Gasteiger partial charge in [-0.3, -0.25) is 4.79 Å². The lowest BCUT2D eigenvalue weighted by atomic mass is 9.84. The summed E-state index contributed by atoms with van der Waals surface area (Å²) in [5.74, 6) is -0.155. The number of hydrogen-bond donors (Lipinski definition) is 3. The Kier molecular flexibility index (Phi) is 9.54. The van der Waals surface area contributed by atoms with Crippen LogP contribution in [0.15, 0.2) is 48.5 Å². The molecule has 1 aliphatic rings. The zero-order valence-electron chi connectivity index (χ0n) is 15.4. The largest absolute Gasteiger partial charge is 0.398 e. The average Bonchev–Trinajstić information content (AvgIpc) is 2.64. The number of para-hydroxylation sites is 1. The number of rotatable bonds is 5. The molecule has 0 spiro atoms. The molecule has 1 heterocycles. The van der Waals surface area contributed by atoms with Crippen molar-refractivity contribution >= 4 is 48.0 Å². The third kappa shape index (κ3) is 6.00.